The Morgan fingerprint density at radius 3 is 2.19 bits per heavy atom. The van der Waals surface area contributed by atoms with E-state index >= 15 is 0 Å². The first-order chi connectivity index (χ1) is 10.0. The first-order valence-corrected chi connectivity index (χ1v) is 7.89. The third kappa shape index (κ3) is 7.16. The minimum Gasteiger partial charge on any atom is -0.375 e. The molecular weight excluding hydrogens is 263 g/mol. The summed E-state index contributed by atoms with van der Waals surface area (Å²) in [5.41, 5.74) is 0. The molecule has 0 N–H and O–H groups in total. The van der Waals surface area contributed by atoms with Gasteiger partial charge in [0.1, 0.15) is 5.83 Å². The highest BCUT2D eigenvalue weighted by atomic mass is 19.1. The van der Waals surface area contributed by atoms with E-state index in [0.29, 0.717) is 12.1 Å². The van der Waals surface area contributed by atoms with Crippen molar-refractivity contribution in [3.8, 4) is 0 Å². The Kier molecular flexibility index (Phi) is 7.88. The fourth-order valence-electron chi connectivity index (χ4n) is 2.16. The molecule has 0 saturated carbocycles. The van der Waals surface area contributed by atoms with Crippen LogP contribution in [-0.4, -0.2) is 35.0 Å². The van der Waals surface area contributed by atoms with Crippen molar-refractivity contribution in [1.29, 1.82) is 0 Å². The highest BCUT2D eigenvalue weighted by Crippen LogP contribution is 2.11. The monoisotopic (exact) mass is 292 g/mol. The summed E-state index contributed by atoms with van der Waals surface area (Å²) in [5.74, 6) is -0.142. The molecule has 2 nitrogen and oxygen atoms in total. The van der Waals surface area contributed by atoms with E-state index in [9.17, 15) is 4.39 Å². The smallest absolute Gasteiger partial charge is 0.138 e. The van der Waals surface area contributed by atoms with Gasteiger partial charge >= 0.3 is 0 Å². The number of allylic oxidation sites excluding steroid dienone is 4. The van der Waals surface area contributed by atoms with Gasteiger partial charge < -0.3 is 9.80 Å². The molecule has 0 fully saturated rings. The standard InChI is InChI=1S/C9H14FN.C9H15N/c1-8(2)11-6-4-3-5-9(10)7-11;1-9(2)10-7-5-3-4-6-8-10/h3,5,7-8H,4,6H2,1-2H3;3-5,7,9H,6,8H2,1-2H3. The van der Waals surface area contributed by atoms with Crippen molar-refractivity contribution in [2.75, 3.05) is 13.1 Å². The quantitative estimate of drug-likeness (QED) is 0.731. The maximum Gasteiger partial charge on any atom is 0.138 e. The highest BCUT2D eigenvalue weighted by molar-refractivity contribution is 5.13. The van der Waals surface area contributed by atoms with Gasteiger partial charge in [0.2, 0.25) is 0 Å². The Hall–Kier alpha value is -1.51. The van der Waals surface area contributed by atoms with E-state index in [4.69, 9.17) is 0 Å². The molecule has 2 aliphatic rings. The van der Waals surface area contributed by atoms with Crippen LogP contribution in [0.1, 0.15) is 40.5 Å². The predicted molar refractivity (Wildman–Crippen MR) is 89.5 cm³/mol. The lowest BCUT2D eigenvalue weighted by Gasteiger charge is -2.23. The lowest BCUT2D eigenvalue weighted by molar-refractivity contribution is 0.312. The van der Waals surface area contributed by atoms with E-state index < -0.39 is 0 Å². The van der Waals surface area contributed by atoms with Gasteiger partial charge in [0.25, 0.3) is 0 Å². The third-order valence-electron chi connectivity index (χ3n) is 3.53. The Labute approximate surface area is 129 Å². The molecule has 0 saturated heterocycles. The van der Waals surface area contributed by atoms with Crippen LogP contribution in [0.4, 0.5) is 4.39 Å². The zero-order chi connectivity index (χ0) is 15.7. The van der Waals surface area contributed by atoms with Gasteiger partial charge in [-0.2, -0.15) is 0 Å². The molecule has 2 aliphatic heterocycles. The van der Waals surface area contributed by atoms with Crippen molar-refractivity contribution < 1.29 is 4.39 Å². The fraction of sp³-hybridized carbons (Fsp3) is 0.556. The first kappa shape index (κ1) is 17.5. The van der Waals surface area contributed by atoms with Crippen LogP contribution >= 0.6 is 0 Å². The van der Waals surface area contributed by atoms with Crippen molar-refractivity contribution in [2.45, 2.75) is 52.6 Å². The Balaban J connectivity index is 0.000000211. The molecule has 0 aromatic carbocycles. The van der Waals surface area contributed by atoms with Crippen LogP contribution in [-0.2, 0) is 0 Å². The van der Waals surface area contributed by atoms with E-state index in [2.05, 4.69) is 57.0 Å². The molecule has 0 radical (unpaired) electrons. The fourth-order valence-corrected chi connectivity index (χ4v) is 2.16. The second kappa shape index (κ2) is 9.43. The first-order valence-electron chi connectivity index (χ1n) is 7.89. The molecule has 2 rings (SSSR count). The van der Waals surface area contributed by atoms with Gasteiger partial charge in [0.05, 0.1) is 0 Å². The Morgan fingerprint density at radius 2 is 1.52 bits per heavy atom. The zero-order valence-electron chi connectivity index (χ0n) is 13.8. The molecule has 2 heterocycles. The lowest BCUT2D eigenvalue weighted by atomic mass is 10.3. The van der Waals surface area contributed by atoms with Gasteiger partial charge in [-0.05, 0) is 58.9 Å². The van der Waals surface area contributed by atoms with E-state index in [1.165, 1.54) is 12.5 Å². The Morgan fingerprint density at radius 1 is 0.905 bits per heavy atom. The maximum atomic E-state index is 12.8. The average Bonchev–Trinajstić information content (AvgIpc) is 2.81. The van der Waals surface area contributed by atoms with Gasteiger partial charge in [-0.3, -0.25) is 0 Å². The highest BCUT2D eigenvalue weighted by Gasteiger charge is 2.06. The molecule has 118 valence electrons. The molecule has 0 atom stereocenters. The molecule has 0 aliphatic carbocycles. The van der Waals surface area contributed by atoms with Gasteiger partial charge in [-0.1, -0.05) is 18.2 Å². The average molecular weight is 292 g/mol. The van der Waals surface area contributed by atoms with Crippen molar-refractivity contribution in [3.05, 3.63) is 48.6 Å². The summed E-state index contributed by atoms with van der Waals surface area (Å²) in [6.07, 6.45) is 15.7. The normalized spacial score (nSPS) is 18.3. The number of nitrogens with zero attached hydrogens (tertiary/aromatic N) is 2. The second-order valence-electron chi connectivity index (χ2n) is 5.93. The molecule has 21 heavy (non-hydrogen) atoms. The van der Waals surface area contributed by atoms with Crippen molar-refractivity contribution in [2.24, 2.45) is 0 Å². The van der Waals surface area contributed by atoms with E-state index in [1.54, 1.807) is 6.20 Å². The molecule has 0 unspecified atom stereocenters. The number of hydrogen-bond donors (Lipinski definition) is 0. The predicted octanol–water partition coefficient (Wildman–Crippen LogP) is 4.64. The van der Waals surface area contributed by atoms with Crippen LogP contribution < -0.4 is 0 Å². The van der Waals surface area contributed by atoms with E-state index in [0.717, 1.165) is 19.5 Å². The van der Waals surface area contributed by atoms with Crippen LogP contribution in [0.3, 0.4) is 0 Å². The summed E-state index contributed by atoms with van der Waals surface area (Å²) in [5, 5.41) is 0. The largest absolute Gasteiger partial charge is 0.375 e. The van der Waals surface area contributed by atoms with E-state index in [1.807, 2.05) is 11.0 Å². The van der Waals surface area contributed by atoms with Crippen molar-refractivity contribution in [3.63, 3.8) is 0 Å². The lowest BCUT2D eigenvalue weighted by Crippen LogP contribution is -2.25. The van der Waals surface area contributed by atoms with Crippen molar-refractivity contribution in [1.82, 2.24) is 9.80 Å². The molecular formula is C18H29FN2. The second-order valence-corrected chi connectivity index (χ2v) is 5.93. The van der Waals surface area contributed by atoms with Crippen LogP contribution in [0, 0.1) is 0 Å². The summed E-state index contributed by atoms with van der Waals surface area (Å²) >= 11 is 0. The van der Waals surface area contributed by atoms with Gasteiger partial charge in [-0.25, -0.2) is 4.39 Å². The Bertz CT molecular complexity index is 405. The van der Waals surface area contributed by atoms with Gasteiger partial charge in [0, 0.05) is 31.4 Å². The molecule has 0 aromatic rings. The van der Waals surface area contributed by atoms with Crippen LogP contribution in [0.5, 0.6) is 0 Å². The van der Waals surface area contributed by atoms with Gasteiger partial charge in [-0.15, -0.1) is 0 Å². The van der Waals surface area contributed by atoms with Crippen LogP contribution in [0.15, 0.2) is 48.6 Å². The summed E-state index contributed by atoms with van der Waals surface area (Å²) in [6, 6.07) is 1.02. The summed E-state index contributed by atoms with van der Waals surface area (Å²) in [4.78, 5) is 4.36. The summed E-state index contributed by atoms with van der Waals surface area (Å²) in [7, 11) is 0. The van der Waals surface area contributed by atoms with Crippen LogP contribution in [0.2, 0.25) is 0 Å². The maximum absolute atomic E-state index is 12.8. The van der Waals surface area contributed by atoms with Gasteiger partial charge in [0.15, 0.2) is 0 Å². The SMILES string of the molecule is CC(C)N1C=C(F)C=CCC1.CC(C)N1C=CC=CCC1. The minimum absolute atomic E-state index is 0.142. The summed E-state index contributed by atoms with van der Waals surface area (Å²) in [6.45, 7) is 10.6. The molecule has 3 heteroatoms. The number of hydrogen-bond acceptors (Lipinski definition) is 2. The van der Waals surface area contributed by atoms with Crippen molar-refractivity contribution >= 4 is 0 Å². The minimum atomic E-state index is -0.142. The number of rotatable bonds is 2. The van der Waals surface area contributed by atoms with E-state index in [-0.39, 0.29) is 5.83 Å². The topological polar surface area (TPSA) is 6.48 Å². The zero-order valence-corrected chi connectivity index (χ0v) is 13.8. The van der Waals surface area contributed by atoms with Crippen LogP contribution in [0.25, 0.3) is 0 Å². The molecule has 0 spiro atoms. The molecule has 0 amide bonds. The molecule has 0 bridgehead atoms. The third-order valence-corrected chi connectivity index (χ3v) is 3.53. The summed E-state index contributed by atoms with van der Waals surface area (Å²) < 4.78 is 12.8. The number of halogens is 1. The molecule has 0 aromatic heterocycles.